The van der Waals surface area contributed by atoms with Crippen LogP contribution in [0.15, 0.2) is 133 Å². The SMILES string of the molecule is CCn1c2ccccc2c2cc(/C=C/c3ccc(O[B]Oc4ccc(/C=C/c5ccc6c(c5)c5ccccc5n6CC)cc4)cc3)ccc21. The Morgan fingerprint density at radius 3 is 1.22 bits per heavy atom. The molecule has 0 aliphatic heterocycles. The molecule has 0 amide bonds. The van der Waals surface area contributed by atoms with E-state index in [0.29, 0.717) is 11.5 Å². The monoisotopic (exact) mass is 635 g/mol. The van der Waals surface area contributed by atoms with Crippen molar-refractivity contribution >= 4 is 75.6 Å². The fourth-order valence-corrected chi connectivity index (χ4v) is 6.87. The van der Waals surface area contributed by atoms with Gasteiger partial charge in [-0.1, -0.05) is 97.1 Å². The lowest BCUT2D eigenvalue weighted by Gasteiger charge is -2.07. The highest BCUT2D eigenvalue weighted by Crippen LogP contribution is 2.31. The van der Waals surface area contributed by atoms with E-state index in [9.17, 15) is 0 Å². The molecule has 4 nitrogen and oxygen atoms in total. The molecular formula is C44H36BN2O2. The van der Waals surface area contributed by atoms with Crippen molar-refractivity contribution in [2.24, 2.45) is 0 Å². The van der Waals surface area contributed by atoms with Crippen LogP contribution < -0.4 is 9.31 Å². The molecule has 2 heterocycles. The van der Waals surface area contributed by atoms with Crippen LogP contribution in [0, 0.1) is 0 Å². The van der Waals surface area contributed by atoms with Crippen LogP contribution in [0.25, 0.3) is 67.9 Å². The Morgan fingerprint density at radius 2 is 0.796 bits per heavy atom. The summed E-state index contributed by atoms with van der Waals surface area (Å²) < 4.78 is 16.3. The number of fused-ring (bicyclic) bond motifs is 6. The maximum absolute atomic E-state index is 5.75. The first kappa shape index (κ1) is 30.4. The summed E-state index contributed by atoms with van der Waals surface area (Å²) in [4.78, 5) is 0. The molecule has 8 aromatic rings. The van der Waals surface area contributed by atoms with Crippen molar-refractivity contribution in [2.45, 2.75) is 26.9 Å². The van der Waals surface area contributed by atoms with Crippen LogP contribution in [-0.4, -0.2) is 16.8 Å². The number of rotatable bonds is 10. The minimum atomic E-state index is 0.713. The van der Waals surface area contributed by atoms with Crippen LogP contribution in [-0.2, 0) is 13.1 Å². The van der Waals surface area contributed by atoms with Gasteiger partial charge in [-0.25, -0.2) is 0 Å². The van der Waals surface area contributed by atoms with Crippen molar-refractivity contribution in [1.29, 1.82) is 0 Å². The van der Waals surface area contributed by atoms with Gasteiger partial charge in [0.2, 0.25) is 0 Å². The second-order valence-corrected chi connectivity index (χ2v) is 12.2. The Hall–Kier alpha value is -5.94. The molecule has 2 aromatic heterocycles. The van der Waals surface area contributed by atoms with Gasteiger partial charge in [-0.3, -0.25) is 0 Å². The molecule has 0 saturated heterocycles. The molecule has 0 N–H and O–H groups in total. The van der Waals surface area contributed by atoms with Gasteiger partial charge in [-0.05, 0) is 96.8 Å². The highest BCUT2D eigenvalue weighted by molar-refractivity contribution is 6.20. The topological polar surface area (TPSA) is 28.3 Å². The summed E-state index contributed by atoms with van der Waals surface area (Å²) in [6.45, 7) is 6.29. The van der Waals surface area contributed by atoms with E-state index in [4.69, 9.17) is 9.31 Å². The van der Waals surface area contributed by atoms with Gasteiger partial charge >= 0.3 is 7.69 Å². The number of nitrogens with zero attached hydrogens (tertiary/aromatic N) is 2. The molecule has 237 valence electrons. The summed E-state index contributed by atoms with van der Waals surface area (Å²) in [7, 11) is 1.37. The molecule has 1 radical (unpaired) electrons. The van der Waals surface area contributed by atoms with Crippen molar-refractivity contribution in [2.75, 3.05) is 0 Å². The number of benzene rings is 6. The summed E-state index contributed by atoms with van der Waals surface area (Å²) in [5.41, 5.74) is 9.65. The molecule has 0 spiro atoms. The number of hydrogen-bond acceptors (Lipinski definition) is 2. The van der Waals surface area contributed by atoms with Crippen LogP contribution in [0.1, 0.15) is 36.1 Å². The van der Waals surface area contributed by atoms with E-state index in [1.54, 1.807) is 0 Å². The molecular weight excluding hydrogens is 599 g/mol. The Morgan fingerprint density at radius 1 is 0.429 bits per heavy atom. The van der Waals surface area contributed by atoms with E-state index in [1.807, 2.05) is 48.5 Å². The van der Waals surface area contributed by atoms with Gasteiger partial charge in [0.1, 0.15) is 11.5 Å². The normalized spacial score (nSPS) is 11.9. The smallest absolute Gasteiger partial charge is 0.526 e. The molecule has 0 aliphatic rings. The van der Waals surface area contributed by atoms with E-state index in [-0.39, 0.29) is 0 Å². The largest absolute Gasteiger partial charge is 0.658 e. The van der Waals surface area contributed by atoms with Gasteiger partial charge < -0.3 is 18.4 Å². The Bertz CT molecular complexity index is 2310. The highest BCUT2D eigenvalue weighted by atomic mass is 16.6. The molecule has 0 aliphatic carbocycles. The molecule has 49 heavy (non-hydrogen) atoms. The van der Waals surface area contributed by atoms with Crippen molar-refractivity contribution < 1.29 is 9.31 Å². The zero-order valence-electron chi connectivity index (χ0n) is 27.7. The zero-order valence-corrected chi connectivity index (χ0v) is 27.7. The van der Waals surface area contributed by atoms with Crippen molar-refractivity contribution in [3.63, 3.8) is 0 Å². The van der Waals surface area contributed by atoms with E-state index in [0.717, 1.165) is 24.2 Å². The molecule has 0 saturated carbocycles. The third-order valence-corrected chi connectivity index (χ3v) is 9.29. The quantitative estimate of drug-likeness (QED) is 0.111. The third-order valence-electron chi connectivity index (χ3n) is 9.29. The molecule has 5 heteroatoms. The Balaban J connectivity index is 0.866. The molecule has 0 fully saturated rings. The van der Waals surface area contributed by atoms with Gasteiger partial charge in [0.15, 0.2) is 0 Å². The zero-order chi connectivity index (χ0) is 33.2. The standard InChI is InChI=1S/C44H36BN2O2/c1-3-46-41-11-7-5-9-37(41)39-29-33(21-27-43(39)46)15-13-31-17-23-35(24-18-31)48-45-49-36-25-19-32(20-26-36)14-16-34-22-28-44-40(30-34)38-10-6-8-12-42(38)47(44)4-2/h5-30H,3-4H2,1-2H3/b15-13+,16-14+. The van der Waals surface area contributed by atoms with Gasteiger partial charge in [0.25, 0.3) is 0 Å². The lowest BCUT2D eigenvalue weighted by molar-refractivity contribution is 0.459. The summed E-state index contributed by atoms with van der Waals surface area (Å²) in [5.74, 6) is 1.43. The van der Waals surface area contributed by atoms with E-state index >= 15 is 0 Å². The van der Waals surface area contributed by atoms with Crippen LogP contribution in [0.3, 0.4) is 0 Å². The molecule has 6 aromatic carbocycles. The van der Waals surface area contributed by atoms with E-state index in [1.165, 1.54) is 62.4 Å². The first-order valence-electron chi connectivity index (χ1n) is 16.9. The fraction of sp³-hybridized carbons (Fsp3) is 0.0909. The summed E-state index contributed by atoms with van der Waals surface area (Å²) in [6.07, 6.45) is 8.57. The van der Waals surface area contributed by atoms with Crippen molar-refractivity contribution in [3.05, 3.63) is 156 Å². The van der Waals surface area contributed by atoms with E-state index < -0.39 is 0 Å². The Labute approximate surface area is 287 Å². The first-order chi connectivity index (χ1) is 24.2. The summed E-state index contributed by atoms with van der Waals surface area (Å²) in [5, 5.41) is 5.16. The maximum atomic E-state index is 5.75. The van der Waals surface area contributed by atoms with Crippen molar-refractivity contribution in [3.8, 4) is 11.5 Å². The third kappa shape index (κ3) is 6.00. The van der Waals surface area contributed by atoms with Gasteiger partial charge in [-0.15, -0.1) is 0 Å². The van der Waals surface area contributed by atoms with Crippen LogP contribution in [0.5, 0.6) is 11.5 Å². The van der Waals surface area contributed by atoms with Crippen LogP contribution >= 0.6 is 0 Å². The summed E-state index contributed by atoms with van der Waals surface area (Å²) in [6, 6.07) is 46.6. The summed E-state index contributed by atoms with van der Waals surface area (Å²) >= 11 is 0. The number of aryl methyl sites for hydroxylation is 2. The van der Waals surface area contributed by atoms with Crippen molar-refractivity contribution in [1.82, 2.24) is 9.13 Å². The first-order valence-corrected chi connectivity index (χ1v) is 16.9. The number of para-hydroxylation sites is 2. The minimum absolute atomic E-state index is 0.713. The molecule has 0 bridgehead atoms. The minimum Gasteiger partial charge on any atom is -0.526 e. The second-order valence-electron chi connectivity index (χ2n) is 12.2. The average Bonchev–Trinajstić information content (AvgIpc) is 3.65. The predicted octanol–water partition coefficient (Wildman–Crippen LogP) is 11.3. The fourth-order valence-electron chi connectivity index (χ4n) is 6.87. The molecule has 0 atom stereocenters. The number of aromatic nitrogens is 2. The number of hydrogen-bond donors (Lipinski definition) is 0. The van der Waals surface area contributed by atoms with E-state index in [2.05, 4.69) is 132 Å². The predicted molar refractivity (Wildman–Crippen MR) is 208 cm³/mol. The van der Waals surface area contributed by atoms with Gasteiger partial charge in [-0.2, -0.15) is 0 Å². The van der Waals surface area contributed by atoms with Crippen LogP contribution in [0.2, 0.25) is 0 Å². The Kier molecular flexibility index (Phi) is 8.24. The average molecular weight is 636 g/mol. The maximum Gasteiger partial charge on any atom is 0.658 e. The molecule has 0 unspecified atom stereocenters. The van der Waals surface area contributed by atoms with Gasteiger partial charge in [0, 0.05) is 56.7 Å². The van der Waals surface area contributed by atoms with Gasteiger partial charge in [0.05, 0.1) is 0 Å². The highest BCUT2D eigenvalue weighted by Gasteiger charge is 2.10. The lowest BCUT2D eigenvalue weighted by Crippen LogP contribution is -2.10. The molecule has 8 rings (SSSR count). The lowest BCUT2D eigenvalue weighted by atomic mass is 10.1. The second kappa shape index (κ2) is 13.3. The van der Waals surface area contributed by atoms with Crippen LogP contribution in [0.4, 0.5) is 0 Å².